The zero-order chi connectivity index (χ0) is 18.3. The minimum atomic E-state index is -0.211. The number of nitrogens with one attached hydrogen (secondary N) is 2. The standard InChI is InChI=1S/C18H35N5O2/c1-5-19-17(20-8-9-21-18(2,3)4)23-12-10-22(11-13-23)16(24)15-7-6-14-25-15/h15,21H,5-14H2,1-4H3,(H,19,20). The molecule has 2 aliphatic heterocycles. The highest BCUT2D eigenvalue weighted by molar-refractivity contribution is 5.82. The fraction of sp³-hybridized carbons (Fsp3) is 0.889. The molecule has 25 heavy (non-hydrogen) atoms. The molecule has 144 valence electrons. The fourth-order valence-electron chi connectivity index (χ4n) is 3.13. The lowest BCUT2D eigenvalue weighted by Gasteiger charge is -2.37. The van der Waals surface area contributed by atoms with E-state index in [0.29, 0.717) is 0 Å². The first-order valence-electron chi connectivity index (χ1n) is 9.59. The normalized spacial score (nSPS) is 22.4. The molecular formula is C18H35N5O2. The van der Waals surface area contributed by atoms with Crippen LogP contribution in [0.4, 0.5) is 0 Å². The van der Waals surface area contributed by atoms with Crippen molar-refractivity contribution in [2.45, 2.75) is 52.2 Å². The molecule has 2 fully saturated rings. The summed E-state index contributed by atoms with van der Waals surface area (Å²) in [7, 11) is 0. The maximum absolute atomic E-state index is 12.4. The summed E-state index contributed by atoms with van der Waals surface area (Å²) in [5, 5.41) is 6.82. The average molecular weight is 354 g/mol. The van der Waals surface area contributed by atoms with Crippen LogP contribution in [0.1, 0.15) is 40.5 Å². The van der Waals surface area contributed by atoms with Crippen LogP contribution in [-0.2, 0) is 9.53 Å². The van der Waals surface area contributed by atoms with Crippen molar-refractivity contribution in [3.8, 4) is 0 Å². The molecule has 2 N–H and O–H groups in total. The Kier molecular flexibility index (Phi) is 7.50. The van der Waals surface area contributed by atoms with Crippen molar-refractivity contribution in [2.24, 2.45) is 4.99 Å². The predicted octanol–water partition coefficient (Wildman–Crippen LogP) is 0.663. The number of rotatable bonds is 5. The van der Waals surface area contributed by atoms with Gasteiger partial charge in [0.1, 0.15) is 6.10 Å². The number of ether oxygens (including phenoxy) is 1. The molecule has 2 heterocycles. The molecule has 0 aromatic carbocycles. The zero-order valence-corrected chi connectivity index (χ0v) is 16.3. The summed E-state index contributed by atoms with van der Waals surface area (Å²) < 4.78 is 5.53. The van der Waals surface area contributed by atoms with E-state index in [1.165, 1.54) is 0 Å². The van der Waals surface area contributed by atoms with E-state index in [-0.39, 0.29) is 17.6 Å². The monoisotopic (exact) mass is 353 g/mol. The summed E-state index contributed by atoms with van der Waals surface area (Å²) >= 11 is 0. The van der Waals surface area contributed by atoms with Gasteiger partial charge >= 0.3 is 0 Å². The molecule has 0 aromatic rings. The number of aliphatic imine (C=N–C) groups is 1. The van der Waals surface area contributed by atoms with Gasteiger partial charge in [0.2, 0.25) is 0 Å². The van der Waals surface area contributed by atoms with E-state index in [4.69, 9.17) is 9.73 Å². The SMILES string of the molecule is CCNC(=NCCNC(C)(C)C)N1CCN(C(=O)C2CCCO2)CC1. The Morgan fingerprint density at radius 2 is 1.88 bits per heavy atom. The molecule has 0 saturated carbocycles. The average Bonchev–Trinajstić information content (AvgIpc) is 3.11. The molecule has 2 saturated heterocycles. The van der Waals surface area contributed by atoms with E-state index in [0.717, 1.165) is 71.2 Å². The van der Waals surface area contributed by atoms with E-state index in [9.17, 15) is 4.79 Å². The lowest BCUT2D eigenvalue weighted by Crippen LogP contribution is -2.55. The highest BCUT2D eigenvalue weighted by atomic mass is 16.5. The quantitative estimate of drug-likeness (QED) is 0.432. The summed E-state index contributed by atoms with van der Waals surface area (Å²) in [5.41, 5.74) is 0.113. The third-order valence-electron chi connectivity index (χ3n) is 4.46. The van der Waals surface area contributed by atoms with Crippen LogP contribution in [0.25, 0.3) is 0 Å². The Balaban J connectivity index is 1.81. The summed E-state index contributed by atoms with van der Waals surface area (Å²) in [6.45, 7) is 14.8. The maximum atomic E-state index is 12.4. The second-order valence-corrected chi connectivity index (χ2v) is 7.73. The van der Waals surface area contributed by atoms with Crippen LogP contribution in [0.3, 0.4) is 0 Å². The smallest absolute Gasteiger partial charge is 0.251 e. The molecule has 7 nitrogen and oxygen atoms in total. The third kappa shape index (κ3) is 6.47. The molecule has 1 unspecified atom stereocenters. The number of hydrogen-bond acceptors (Lipinski definition) is 4. The van der Waals surface area contributed by atoms with Crippen LogP contribution in [0.15, 0.2) is 4.99 Å². The maximum Gasteiger partial charge on any atom is 0.251 e. The van der Waals surface area contributed by atoms with Crippen molar-refractivity contribution >= 4 is 11.9 Å². The van der Waals surface area contributed by atoms with Crippen molar-refractivity contribution in [3.63, 3.8) is 0 Å². The first-order chi connectivity index (χ1) is 11.9. The van der Waals surface area contributed by atoms with Gasteiger partial charge in [-0.1, -0.05) is 0 Å². The molecule has 2 aliphatic rings. The second kappa shape index (κ2) is 9.38. The van der Waals surface area contributed by atoms with E-state index in [1.54, 1.807) is 0 Å². The number of amides is 1. The van der Waals surface area contributed by atoms with Gasteiger partial charge in [-0.2, -0.15) is 0 Å². The fourth-order valence-corrected chi connectivity index (χ4v) is 3.13. The Morgan fingerprint density at radius 3 is 2.44 bits per heavy atom. The van der Waals surface area contributed by atoms with Crippen LogP contribution in [-0.4, -0.2) is 85.7 Å². The second-order valence-electron chi connectivity index (χ2n) is 7.73. The Labute approximate surface area is 152 Å². The molecule has 0 aromatic heterocycles. The highest BCUT2D eigenvalue weighted by Crippen LogP contribution is 2.16. The van der Waals surface area contributed by atoms with Gasteiger partial charge < -0.3 is 25.2 Å². The van der Waals surface area contributed by atoms with Crippen molar-refractivity contribution in [3.05, 3.63) is 0 Å². The topological polar surface area (TPSA) is 69.2 Å². The van der Waals surface area contributed by atoms with Gasteiger partial charge in [-0.15, -0.1) is 0 Å². The Morgan fingerprint density at radius 1 is 1.20 bits per heavy atom. The Bertz CT molecular complexity index is 447. The van der Waals surface area contributed by atoms with Crippen molar-refractivity contribution in [2.75, 3.05) is 52.4 Å². The highest BCUT2D eigenvalue weighted by Gasteiger charge is 2.30. The number of hydrogen-bond donors (Lipinski definition) is 2. The first kappa shape index (κ1) is 20.0. The predicted molar refractivity (Wildman–Crippen MR) is 101 cm³/mol. The number of guanidine groups is 1. The molecule has 7 heteroatoms. The van der Waals surface area contributed by atoms with Crippen molar-refractivity contribution in [1.82, 2.24) is 20.4 Å². The number of carbonyl (C=O) groups is 1. The van der Waals surface area contributed by atoms with E-state index in [1.807, 2.05) is 4.90 Å². The third-order valence-corrected chi connectivity index (χ3v) is 4.46. The minimum absolute atomic E-state index is 0.113. The lowest BCUT2D eigenvalue weighted by atomic mass is 10.1. The molecule has 0 radical (unpaired) electrons. The summed E-state index contributed by atoms with van der Waals surface area (Å²) in [6, 6.07) is 0. The van der Waals surface area contributed by atoms with E-state index < -0.39 is 0 Å². The largest absolute Gasteiger partial charge is 0.368 e. The van der Waals surface area contributed by atoms with Crippen LogP contribution < -0.4 is 10.6 Å². The number of piperazine rings is 1. The van der Waals surface area contributed by atoms with Crippen LogP contribution >= 0.6 is 0 Å². The molecule has 1 amide bonds. The zero-order valence-electron chi connectivity index (χ0n) is 16.3. The molecule has 0 bridgehead atoms. The molecular weight excluding hydrogens is 318 g/mol. The minimum Gasteiger partial charge on any atom is -0.368 e. The van der Waals surface area contributed by atoms with Crippen LogP contribution in [0.5, 0.6) is 0 Å². The van der Waals surface area contributed by atoms with Gasteiger partial charge in [-0.05, 0) is 40.5 Å². The van der Waals surface area contributed by atoms with Gasteiger partial charge in [0.15, 0.2) is 5.96 Å². The lowest BCUT2D eigenvalue weighted by molar-refractivity contribution is -0.142. The van der Waals surface area contributed by atoms with Crippen LogP contribution in [0, 0.1) is 0 Å². The summed E-state index contributed by atoms with van der Waals surface area (Å²) in [5.74, 6) is 1.11. The van der Waals surface area contributed by atoms with Gasteiger partial charge in [0.25, 0.3) is 5.91 Å². The van der Waals surface area contributed by atoms with Gasteiger partial charge in [-0.25, -0.2) is 0 Å². The number of nitrogens with zero attached hydrogens (tertiary/aromatic N) is 3. The van der Waals surface area contributed by atoms with Crippen molar-refractivity contribution in [1.29, 1.82) is 0 Å². The summed E-state index contributed by atoms with van der Waals surface area (Å²) in [4.78, 5) is 21.4. The van der Waals surface area contributed by atoms with Gasteiger partial charge in [0, 0.05) is 51.4 Å². The number of carbonyl (C=O) groups excluding carboxylic acids is 1. The molecule has 1 atom stereocenters. The van der Waals surface area contributed by atoms with E-state index in [2.05, 4.69) is 43.2 Å². The molecule has 0 spiro atoms. The molecule has 0 aliphatic carbocycles. The van der Waals surface area contributed by atoms with Gasteiger partial charge in [-0.3, -0.25) is 9.79 Å². The Hall–Kier alpha value is -1.34. The van der Waals surface area contributed by atoms with Crippen LogP contribution in [0.2, 0.25) is 0 Å². The van der Waals surface area contributed by atoms with Gasteiger partial charge in [0.05, 0.1) is 6.54 Å². The summed E-state index contributed by atoms with van der Waals surface area (Å²) in [6.07, 6.45) is 1.65. The molecule has 2 rings (SSSR count). The first-order valence-corrected chi connectivity index (χ1v) is 9.59. The van der Waals surface area contributed by atoms with Crippen molar-refractivity contribution < 1.29 is 9.53 Å². The van der Waals surface area contributed by atoms with E-state index >= 15 is 0 Å².